The molecule has 18 heavy (non-hydrogen) atoms. The van der Waals surface area contributed by atoms with E-state index in [9.17, 15) is 24.0 Å². The Bertz CT molecular complexity index is 450. The van der Waals surface area contributed by atoms with Gasteiger partial charge in [0.25, 0.3) is 23.6 Å². The number of carbonyl (C=O) groups is 5. The van der Waals surface area contributed by atoms with Crippen LogP contribution in [-0.4, -0.2) is 52.3 Å². The fourth-order valence-corrected chi connectivity index (χ4v) is 1.58. The van der Waals surface area contributed by atoms with Crippen LogP contribution in [0.1, 0.15) is 0 Å². The van der Waals surface area contributed by atoms with Gasteiger partial charge >= 0.3 is 0 Å². The first-order chi connectivity index (χ1) is 8.49. The lowest BCUT2D eigenvalue weighted by Gasteiger charge is -2.16. The van der Waals surface area contributed by atoms with Crippen molar-refractivity contribution in [2.24, 2.45) is 0 Å². The highest BCUT2D eigenvalue weighted by Crippen LogP contribution is 2.06. The number of hydrogen-bond acceptors (Lipinski definition) is 5. The molecule has 92 valence electrons. The van der Waals surface area contributed by atoms with Crippen LogP contribution >= 0.6 is 0 Å². The molecule has 2 rings (SSSR count). The number of amides is 4. The van der Waals surface area contributed by atoms with Crippen molar-refractivity contribution >= 4 is 29.4 Å². The monoisotopic (exact) mass is 248 g/mol. The molecular weight excluding hydrogens is 240 g/mol. The standard InChI is InChI=1S/C11H8N2O5/c14-7(5-12-8(15)1-2-9(12)16)6-13-10(17)3-4-11(13)18/h1-4H,5-6H2. The number of Topliss-reactive ketones (excluding diaryl/α,β-unsaturated/α-hetero) is 1. The molecule has 2 aliphatic rings. The second-order valence-electron chi connectivity index (χ2n) is 3.73. The number of hydrogen-bond donors (Lipinski definition) is 0. The molecule has 0 aromatic heterocycles. The smallest absolute Gasteiger partial charge is 0.254 e. The highest BCUT2D eigenvalue weighted by atomic mass is 16.2. The highest BCUT2D eigenvalue weighted by Gasteiger charge is 2.29. The Labute approximate surface area is 101 Å². The lowest BCUT2D eigenvalue weighted by Crippen LogP contribution is -2.41. The van der Waals surface area contributed by atoms with Crippen LogP contribution in [0.3, 0.4) is 0 Å². The molecule has 0 atom stereocenters. The van der Waals surface area contributed by atoms with Gasteiger partial charge in [0, 0.05) is 24.3 Å². The molecule has 2 heterocycles. The van der Waals surface area contributed by atoms with Gasteiger partial charge in [-0.3, -0.25) is 33.8 Å². The van der Waals surface area contributed by atoms with E-state index in [2.05, 4.69) is 0 Å². The van der Waals surface area contributed by atoms with E-state index in [1.165, 1.54) is 0 Å². The predicted octanol–water partition coefficient (Wildman–Crippen LogP) is -1.59. The Balaban J connectivity index is 1.94. The van der Waals surface area contributed by atoms with Gasteiger partial charge < -0.3 is 0 Å². The summed E-state index contributed by atoms with van der Waals surface area (Å²) >= 11 is 0. The van der Waals surface area contributed by atoms with Crippen LogP contribution in [-0.2, 0) is 24.0 Å². The van der Waals surface area contributed by atoms with Crippen molar-refractivity contribution in [2.45, 2.75) is 0 Å². The van der Waals surface area contributed by atoms with Gasteiger partial charge in [0.1, 0.15) is 0 Å². The van der Waals surface area contributed by atoms with E-state index in [0.29, 0.717) is 0 Å². The normalized spacial score (nSPS) is 18.4. The lowest BCUT2D eigenvalue weighted by atomic mass is 10.3. The first kappa shape index (κ1) is 11.9. The maximum absolute atomic E-state index is 11.6. The van der Waals surface area contributed by atoms with Gasteiger partial charge in [-0.2, -0.15) is 0 Å². The average molecular weight is 248 g/mol. The molecule has 0 aliphatic carbocycles. The zero-order valence-electron chi connectivity index (χ0n) is 9.16. The fourth-order valence-electron chi connectivity index (χ4n) is 1.58. The molecule has 0 unspecified atom stereocenters. The molecule has 0 saturated heterocycles. The number of nitrogens with zero attached hydrogens (tertiary/aromatic N) is 2. The van der Waals surface area contributed by atoms with Gasteiger partial charge in [-0.05, 0) is 0 Å². The Morgan fingerprint density at radius 3 is 1.28 bits per heavy atom. The minimum Gasteiger partial charge on any atom is -0.296 e. The first-order valence-electron chi connectivity index (χ1n) is 5.08. The van der Waals surface area contributed by atoms with Crippen LogP contribution < -0.4 is 0 Å². The molecule has 7 heteroatoms. The molecule has 0 fully saturated rings. The van der Waals surface area contributed by atoms with E-state index in [-0.39, 0.29) is 0 Å². The average Bonchev–Trinajstić information content (AvgIpc) is 2.79. The Kier molecular flexibility index (Phi) is 2.88. The van der Waals surface area contributed by atoms with Crippen LogP contribution in [0.2, 0.25) is 0 Å². The van der Waals surface area contributed by atoms with Crippen molar-refractivity contribution in [1.82, 2.24) is 9.80 Å². The fraction of sp³-hybridized carbons (Fsp3) is 0.182. The molecule has 2 aliphatic heterocycles. The maximum Gasteiger partial charge on any atom is 0.254 e. The quantitative estimate of drug-likeness (QED) is 0.559. The van der Waals surface area contributed by atoms with Crippen LogP contribution in [0.25, 0.3) is 0 Å². The zero-order chi connectivity index (χ0) is 13.3. The second-order valence-corrected chi connectivity index (χ2v) is 3.73. The minimum atomic E-state index is -0.578. The van der Waals surface area contributed by atoms with E-state index >= 15 is 0 Å². The Morgan fingerprint density at radius 1 is 0.722 bits per heavy atom. The van der Waals surface area contributed by atoms with Crippen LogP contribution in [0.5, 0.6) is 0 Å². The molecule has 0 saturated carbocycles. The van der Waals surface area contributed by atoms with E-state index in [4.69, 9.17) is 0 Å². The van der Waals surface area contributed by atoms with Gasteiger partial charge in [-0.15, -0.1) is 0 Å². The summed E-state index contributed by atoms with van der Waals surface area (Å²) in [5.74, 6) is -2.88. The molecule has 0 N–H and O–H groups in total. The number of ketones is 1. The van der Waals surface area contributed by atoms with E-state index in [1.54, 1.807) is 0 Å². The zero-order valence-corrected chi connectivity index (χ0v) is 9.16. The van der Waals surface area contributed by atoms with Gasteiger partial charge in [-0.25, -0.2) is 0 Å². The minimum absolute atomic E-state index is 0.443. The van der Waals surface area contributed by atoms with Crippen molar-refractivity contribution in [2.75, 3.05) is 13.1 Å². The van der Waals surface area contributed by atoms with Gasteiger partial charge in [0.15, 0.2) is 5.78 Å². The van der Waals surface area contributed by atoms with Crippen LogP contribution in [0.15, 0.2) is 24.3 Å². The van der Waals surface area contributed by atoms with Gasteiger partial charge in [0.2, 0.25) is 0 Å². The number of carbonyl (C=O) groups excluding carboxylic acids is 5. The van der Waals surface area contributed by atoms with Gasteiger partial charge in [0.05, 0.1) is 13.1 Å². The van der Waals surface area contributed by atoms with Crippen molar-refractivity contribution in [1.29, 1.82) is 0 Å². The molecule has 0 aromatic carbocycles. The summed E-state index contributed by atoms with van der Waals surface area (Å²) < 4.78 is 0. The van der Waals surface area contributed by atoms with E-state index < -0.39 is 42.5 Å². The first-order valence-corrected chi connectivity index (χ1v) is 5.08. The number of rotatable bonds is 4. The summed E-state index contributed by atoms with van der Waals surface area (Å²) in [4.78, 5) is 57.9. The summed E-state index contributed by atoms with van der Waals surface area (Å²) in [6.07, 6.45) is 4.24. The summed E-state index contributed by atoms with van der Waals surface area (Å²) in [5, 5.41) is 0. The molecule has 7 nitrogen and oxygen atoms in total. The summed E-state index contributed by atoms with van der Waals surface area (Å²) in [6.45, 7) is -0.885. The summed E-state index contributed by atoms with van der Waals surface area (Å²) in [5.41, 5.74) is 0. The maximum atomic E-state index is 11.6. The Morgan fingerprint density at radius 2 is 1.00 bits per heavy atom. The Hall–Kier alpha value is -2.57. The number of imide groups is 2. The predicted molar refractivity (Wildman–Crippen MR) is 56.7 cm³/mol. The van der Waals surface area contributed by atoms with E-state index in [0.717, 1.165) is 34.1 Å². The topological polar surface area (TPSA) is 91.8 Å². The molecule has 0 spiro atoms. The highest BCUT2D eigenvalue weighted by molar-refractivity contribution is 6.16. The third-order valence-corrected chi connectivity index (χ3v) is 2.47. The molecule has 0 radical (unpaired) electrons. The third kappa shape index (κ3) is 2.10. The summed E-state index contributed by atoms with van der Waals surface area (Å²) in [7, 11) is 0. The largest absolute Gasteiger partial charge is 0.296 e. The molecule has 0 aromatic rings. The van der Waals surface area contributed by atoms with Crippen molar-refractivity contribution in [3.05, 3.63) is 24.3 Å². The van der Waals surface area contributed by atoms with Crippen molar-refractivity contribution in [3.8, 4) is 0 Å². The molecule has 4 amide bonds. The lowest BCUT2D eigenvalue weighted by molar-refractivity contribution is -0.143. The van der Waals surface area contributed by atoms with Gasteiger partial charge in [-0.1, -0.05) is 0 Å². The second kappa shape index (κ2) is 4.36. The third-order valence-electron chi connectivity index (χ3n) is 2.47. The van der Waals surface area contributed by atoms with Crippen LogP contribution in [0.4, 0.5) is 0 Å². The van der Waals surface area contributed by atoms with Crippen molar-refractivity contribution < 1.29 is 24.0 Å². The SMILES string of the molecule is O=C(CN1C(=O)C=CC1=O)CN1C(=O)C=CC1=O. The molecule has 0 bridgehead atoms. The summed E-state index contributed by atoms with van der Waals surface area (Å²) in [6, 6.07) is 0. The van der Waals surface area contributed by atoms with E-state index in [1.807, 2.05) is 0 Å². The molecular formula is C11H8N2O5. The van der Waals surface area contributed by atoms with Crippen LogP contribution in [0, 0.1) is 0 Å². The van der Waals surface area contributed by atoms with Crippen molar-refractivity contribution in [3.63, 3.8) is 0 Å².